The third-order valence-corrected chi connectivity index (χ3v) is 8.15. The van der Waals surface area contributed by atoms with Crippen LogP contribution in [0.25, 0.3) is 10.2 Å². The van der Waals surface area contributed by atoms with E-state index in [1.165, 1.54) is 27.1 Å². The Morgan fingerprint density at radius 2 is 2.03 bits per heavy atom. The molecule has 0 saturated carbocycles. The molecule has 5 rings (SSSR count). The van der Waals surface area contributed by atoms with Gasteiger partial charge in [0.15, 0.2) is 0 Å². The monoisotopic (exact) mass is 438 g/mol. The molecule has 1 fully saturated rings. The summed E-state index contributed by atoms with van der Waals surface area (Å²) in [5.41, 5.74) is 1.43. The Kier molecular flexibility index (Phi) is 5.41. The van der Waals surface area contributed by atoms with Gasteiger partial charge in [0.25, 0.3) is 0 Å². The number of aryl methyl sites for hydroxylation is 2. The van der Waals surface area contributed by atoms with Crippen LogP contribution in [0.5, 0.6) is 0 Å². The van der Waals surface area contributed by atoms with Gasteiger partial charge in [-0.1, -0.05) is 18.2 Å². The molecule has 3 aromatic rings. The second-order valence-electron chi connectivity index (χ2n) is 8.19. The summed E-state index contributed by atoms with van der Waals surface area (Å²) in [4.78, 5) is 30.6. The molecule has 1 atom stereocenters. The van der Waals surface area contributed by atoms with E-state index in [4.69, 9.17) is 9.97 Å². The van der Waals surface area contributed by atoms with Crippen LogP contribution in [0.2, 0.25) is 0 Å². The Morgan fingerprint density at radius 3 is 2.83 bits per heavy atom. The number of hydrogen-bond acceptors (Lipinski definition) is 6. The van der Waals surface area contributed by atoms with Gasteiger partial charge in [-0.05, 0) is 49.8 Å². The number of likely N-dealkylation sites (N-methyl/N-ethyl adjacent to an activating group) is 1. The molecule has 1 unspecified atom stereocenters. The van der Waals surface area contributed by atoms with Gasteiger partial charge < -0.3 is 9.80 Å². The normalized spacial score (nSPS) is 18.2. The van der Waals surface area contributed by atoms with E-state index in [1.54, 1.807) is 16.7 Å². The molecular weight excluding hydrogens is 412 g/mol. The number of carbonyl (C=O) groups excluding carboxylic acids is 1. The van der Waals surface area contributed by atoms with Crippen molar-refractivity contribution in [2.75, 3.05) is 25.5 Å². The molecule has 1 aromatic carbocycles. The number of benzene rings is 1. The quantitative estimate of drug-likeness (QED) is 0.548. The average molecular weight is 439 g/mol. The third kappa shape index (κ3) is 3.58. The molecule has 0 radical (unpaired) electrons. The van der Waals surface area contributed by atoms with E-state index in [9.17, 15) is 4.79 Å². The summed E-state index contributed by atoms with van der Waals surface area (Å²) in [6.45, 7) is 0.881. The second-order valence-corrected chi connectivity index (χ2v) is 10.3. The molecule has 0 spiro atoms. The minimum atomic E-state index is -0.121. The number of fused-ring (bicyclic) bond motifs is 3. The van der Waals surface area contributed by atoms with Gasteiger partial charge >= 0.3 is 0 Å². The van der Waals surface area contributed by atoms with Crippen molar-refractivity contribution in [3.63, 3.8) is 0 Å². The van der Waals surface area contributed by atoms with E-state index in [1.807, 2.05) is 31.5 Å². The Bertz CT molecular complexity index is 1080. The topological polar surface area (TPSA) is 49.3 Å². The van der Waals surface area contributed by atoms with Gasteiger partial charge in [0.2, 0.25) is 5.91 Å². The van der Waals surface area contributed by atoms with E-state index in [0.717, 1.165) is 54.5 Å². The minimum absolute atomic E-state index is 0.121. The number of hydrogen-bond donors (Lipinski definition) is 0. The lowest BCUT2D eigenvalue weighted by Gasteiger charge is -2.28. The number of rotatable bonds is 5. The van der Waals surface area contributed by atoms with Crippen LogP contribution in [0, 0.1) is 0 Å². The molecular formula is C23H26N4OS2. The molecule has 1 amide bonds. The van der Waals surface area contributed by atoms with Gasteiger partial charge in [0.05, 0.1) is 11.1 Å². The number of carbonyl (C=O) groups is 1. The standard InChI is InChI=1S/C23H26N4OS2/c1-26(2)23(28)17-11-7-13-27(17)21-20-16-10-6-12-18(16)30-22(20)25-19(24-21)14-29-15-8-4-3-5-9-15/h3-5,8-9,17H,6-7,10-14H2,1-2H3. The lowest BCUT2D eigenvalue weighted by atomic mass is 10.1. The smallest absolute Gasteiger partial charge is 0.244 e. The van der Waals surface area contributed by atoms with E-state index < -0.39 is 0 Å². The molecule has 3 heterocycles. The molecule has 5 nitrogen and oxygen atoms in total. The molecule has 1 saturated heterocycles. The average Bonchev–Trinajstić information content (AvgIpc) is 3.47. The Morgan fingerprint density at radius 1 is 1.20 bits per heavy atom. The summed E-state index contributed by atoms with van der Waals surface area (Å²) in [5.74, 6) is 2.75. The molecule has 0 bridgehead atoms. The Labute approximate surface area is 185 Å². The first kappa shape index (κ1) is 19.8. The van der Waals surface area contributed by atoms with Crippen molar-refractivity contribution in [2.45, 2.75) is 48.8 Å². The fraction of sp³-hybridized carbons (Fsp3) is 0.435. The second kappa shape index (κ2) is 8.19. The number of nitrogens with zero attached hydrogens (tertiary/aromatic N) is 4. The SMILES string of the molecule is CN(C)C(=O)C1CCCN1c1nc(CSc2ccccc2)nc2sc3c(c12)CCC3. The maximum atomic E-state index is 12.9. The lowest BCUT2D eigenvalue weighted by Crippen LogP contribution is -2.43. The van der Waals surface area contributed by atoms with Gasteiger partial charge in [-0.3, -0.25) is 4.79 Å². The van der Waals surface area contributed by atoms with E-state index >= 15 is 0 Å². The zero-order valence-corrected chi connectivity index (χ0v) is 19.1. The lowest BCUT2D eigenvalue weighted by molar-refractivity contribution is -0.129. The predicted octanol–water partition coefficient (Wildman–Crippen LogP) is 4.53. The highest BCUT2D eigenvalue weighted by Crippen LogP contribution is 2.42. The fourth-order valence-electron chi connectivity index (χ4n) is 4.53. The maximum absolute atomic E-state index is 12.9. The number of amides is 1. The van der Waals surface area contributed by atoms with Crippen molar-refractivity contribution in [2.24, 2.45) is 0 Å². The Balaban J connectivity index is 1.55. The van der Waals surface area contributed by atoms with Crippen molar-refractivity contribution in [3.05, 3.63) is 46.6 Å². The van der Waals surface area contributed by atoms with Gasteiger partial charge in [0, 0.05) is 30.4 Å². The zero-order valence-electron chi connectivity index (χ0n) is 17.4. The van der Waals surface area contributed by atoms with Crippen molar-refractivity contribution in [3.8, 4) is 0 Å². The number of thioether (sulfide) groups is 1. The summed E-state index contributed by atoms with van der Waals surface area (Å²) in [7, 11) is 3.69. The molecule has 1 aliphatic carbocycles. The third-order valence-electron chi connectivity index (χ3n) is 5.95. The first-order chi connectivity index (χ1) is 14.6. The first-order valence-corrected chi connectivity index (χ1v) is 12.4. The number of thiophene rings is 1. The van der Waals surface area contributed by atoms with E-state index in [0.29, 0.717) is 0 Å². The molecule has 0 N–H and O–H groups in total. The van der Waals surface area contributed by atoms with E-state index in [-0.39, 0.29) is 11.9 Å². The van der Waals surface area contributed by atoms with Crippen LogP contribution in [0.15, 0.2) is 35.2 Å². The van der Waals surface area contributed by atoms with Gasteiger partial charge in [0.1, 0.15) is 22.5 Å². The van der Waals surface area contributed by atoms with Crippen LogP contribution in [-0.2, 0) is 23.4 Å². The van der Waals surface area contributed by atoms with Crippen LogP contribution in [-0.4, -0.2) is 47.5 Å². The molecule has 2 aliphatic rings. The van der Waals surface area contributed by atoms with Crippen molar-refractivity contribution in [1.82, 2.24) is 14.9 Å². The van der Waals surface area contributed by atoms with Crippen LogP contribution in [0.4, 0.5) is 5.82 Å². The van der Waals surface area contributed by atoms with Gasteiger partial charge in [-0.15, -0.1) is 23.1 Å². The molecule has 7 heteroatoms. The highest BCUT2D eigenvalue weighted by molar-refractivity contribution is 7.98. The minimum Gasteiger partial charge on any atom is -0.347 e. The summed E-state index contributed by atoms with van der Waals surface area (Å²) in [6.07, 6.45) is 5.37. The van der Waals surface area contributed by atoms with Crippen LogP contribution < -0.4 is 4.90 Å². The molecule has 30 heavy (non-hydrogen) atoms. The molecule has 1 aliphatic heterocycles. The number of aromatic nitrogens is 2. The van der Waals surface area contributed by atoms with Crippen LogP contribution >= 0.6 is 23.1 Å². The highest BCUT2D eigenvalue weighted by atomic mass is 32.2. The van der Waals surface area contributed by atoms with Crippen molar-refractivity contribution < 1.29 is 4.79 Å². The predicted molar refractivity (Wildman–Crippen MR) is 125 cm³/mol. The molecule has 156 valence electrons. The van der Waals surface area contributed by atoms with E-state index in [2.05, 4.69) is 29.2 Å². The summed E-state index contributed by atoms with van der Waals surface area (Å²) >= 11 is 3.59. The van der Waals surface area contributed by atoms with Gasteiger partial charge in [-0.2, -0.15) is 0 Å². The highest BCUT2D eigenvalue weighted by Gasteiger charge is 2.35. The molecule has 2 aromatic heterocycles. The van der Waals surface area contributed by atoms with Crippen molar-refractivity contribution >= 4 is 45.0 Å². The Hall–Kier alpha value is -2.12. The summed E-state index contributed by atoms with van der Waals surface area (Å²) in [6, 6.07) is 10.3. The van der Waals surface area contributed by atoms with Crippen molar-refractivity contribution in [1.29, 1.82) is 0 Å². The van der Waals surface area contributed by atoms with Crippen LogP contribution in [0.1, 0.15) is 35.5 Å². The number of anilines is 1. The van der Waals surface area contributed by atoms with Gasteiger partial charge in [-0.25, -0.2) is 9.97 Å². The maximum Gasteiger partial charge on any atom is 0.244 e. The largest absolute Gasteiger partial charge is 0.347 e. The summed E-state index contributed by atoms with van der Waals surface area (Å²) in [5, 5.41) is 1.21. The fourth-order valence-corrected chi connectivity index (χ4v) is 6.58. The first-order valence-electron chi connectivity index (χ1n) is 10.6. The zero-order chi connectivity index (χ0) is 20.7. The van der Waals surface area contributed by atoms with Crippen LogP contribution in [0.3, 0.4) is 0 Å². The summed E-state index contributed by atoms with van der Waals surface area (Å²) < 4.78 is 0.